The zero-order valence-corrected chi connectivity index (χ0v) is 11.2. The number of aromatic carboxylic acids is 2. The van der Waals surface area contributed by atoms with Crippen molar-refractivity contribution in [2.24, 2.45) is 5.73 Å². The topological polar surface area (TPSA) is 127 Å². The van der Waals surface area contributed by atoms with Crippen LogP contribution in [-0.4, -0.2) is 22.2 Å². The van der Waals surface area contributed by atoms with E-state index in [0.717, 1.165) is 5.56 Å². The molecular formula is C15H16N2O4. The smallest absolute Gasteiger partial charge is 0.335 e. The Balaban J connectivity index is 0.000000211. The molecule has 0 saturated heterocycles. The molecule has 21 heavy (non-hydrogen) atoms. The lowest BCUT2D eigenvalue weighted by molar-refractivity contribution is 0.0686. The number of carbonyl (C=O) groups is 2. The van der Waals surface area contributed by atoms with Crippen LogP contribution in [0.4, 0.5) is 5.69 Å². The molecule has 6 N–H and O–H groups in total. The number of anilines is 1. The highest BCUT2D eigenvalue weighted by Crippen LogP contribution is 2.05. The Morgan fingerprint density at radius 1 is 0.905 bits per heavy atom. The van der Waals surface area contributed by atoms with Crippen LogP contribution in [0.2, 0.25) is 0 Å². The third-order valence-corrected chi connectivity index (χ3v) is 2.57. The van der Waals surface area contributed by atoms with Crippen molar-refractivity contribution in [1.82, 2.24) is 0 Å². The van der Waals surface area contributed by atoms with E-state index in [1.165, 1.54) is 12.1 Å². The van der Waals surface area contributed by atoms with Gasteiger partial charge in [-0.05, 0) is 35.9 Å². The van der Waals surface area contributed by atoms with Gasteiger partial charge in [0.2, 0.25) is 0 Å². The van der Waals surface area contributed by atoms with E-state index in [-0.39, 0.29) is 5.56 Å². The van der Waals surface area contributed by atoms with Gasteiger partial charge >= 0.3 is 11.9 Å². The Bertz CT molecular complexity index is 624. The van der Waals surface area contributed by atoms with E-state index >= 15 is 0 Å². The van der Waals surface area contributed by atoms with Crippen molar-refractivity contribution in [2.75, 3.05) is 5.73 Å². The molecule has 0 aliphatic rings. The van der Waals surface area contributed by atoms with E-state index in [9.17, 15) is 9.59 Å². The van der Waals surface area contributed by atoms with Crippen LogP contribution in [0.15, 0.2) is 48.5 Å². The molecule has 0 amide bonds. The summed E-state index contributed by atoms with van der Waals surface area (Å²) in [5.74, 6) is -1.86. The fourth-order valence-corrected chi connectivity index (χ4v) is 1.46. The highest BCUT2D eigenvalue weighted by Gasteiger charge is 2.00. The van der Waals surface area contributed by atoms with Crippen molar-refractivity contribution in [3.05, 3.63) is 65.2 Å². The molecule has 2 aromatic rings. The summed E-state index contributed by atoms with van der Waals surface area (Å²) in [5.41, 5.74) is 12.6. The van der Waals surface area contributed by atoms with Gasteiger partial charge in [0.05, 0.1) is 11.1 Å². The van der Waals surface area contributed by atoms with Crippen molar-refractivity contribution in [1.29, 1.82) is 0 Å². The maximum absolute atomic E-state index is 10.4. The molecule has 0 saturated carbocycles. The number of hydrogen-bond acceptors (Lipinski definition) is 4. The lowest BCUT2D eigenvalue weighted by atomic mass is 10.1. The SMILES string of the molecule is NCc1ccc(C(=O)O)cc1.Nc1cccc(C(=O)O)c1. The summed E-state index contributed by atoms with van der Waals surface area (Å²) >= 11 is 0. The van der Waals surface area contributed by atoms with Gasteiger partial charge in [0, 0.05) is 12.2 Å². The fraction of sp³-hybridized carbons (Fsp3) is 0.0667. The molecule has 2 aromatic carbocycles. The second-order valence-corrected chi connectivity index (χ2v) is 4.14. The van der Waals surface area contributed by atoms with Gasteiger partial charge in [-0.2, -0.15) is 0 Å². The molecule has 0 heterocycles. The average molecular weight is 288 g/mol. The van der Waals surface area contributed by atoms with Crippen LogP contribution in [0.25, 0.3) is 0 Å². The van der Waals surface area contributed by atoms with Gasteiger partial charge in [0.15, 0.2) is 0 Å². The summed E-state index contributed by atoms with van der Waals surface area (Å²) in [5, 5.41) is 17.0. The number of rotatable bonds is 3. The highest BCUT2D eigenvalue weighted by atomic mass is 16.4. The van der Waals surface area contributed by atoms with E-state index in [1.807, 2.05) is 0 Å². The van der Waals surface area contributed by atoms with Crippen LogP contribution < -0.4 is 11.5 Å². The van der Waals surface area contributed by atoms with Gasteiger partial charge < -0.3 is 21.7 Å². The Morgan fingerprint density at radius 2 is 1.48 bits per heavy atom. The molecule has 2 rings (SSSR count). The second kappa shape index (κ2) is 7.66. The van der Waals surface area contributed by atoms with Crippen LogP contribution >= 0.6 is 0 Å². The second-order valence-electron chi connectivity index (χ2n) is 4.14. The van der Waals surface area contributed by atoms with Crippen molar-refractivity contribution < 1.29 is 19.8 Å². The molecule has 0 aromatic heterocycles. The molecule has 0 bridgehead atoms. The summed E-state index contributed by atoms with van der Waals surface area (Å²) in [7, 11) is 0. The van der Waals surface area contributed by atoms with Crippen molar-refractivity contribution >= 4 is 17.6 Å². The normalized spacial score (nSPS) is 9.38. The highest BCUT2D eigenvalue weighted by molar-refractivity contribution is 5.88. The van der Waals surface area contributed by atoms with Crippen molar-refractivity contribution in [3.8, 4) is 0 Å². The summed E-state index contributed by atoms with van der Waals surface area (Å²) in [6, 6.07) is 12.7. The van der Waals surface area contributed by atoms with E-state index in [0.29, 0.717) is 17.8 Å². The maximum Gasteiger partial charge on any atom is 0.335 e. The molecule has 0 spiro atoms. The minimum Gasteiger partial charge on any atom is -0.478 e. The molecule has 0 unspecified atom stereocenters. The Labute approximate surface area is 121 Å². The number of nitrogens with two attached hydrogens (primary N) is 2. The molecule has 0 aliphatic carbocycles. The van der Waals surface area contributed by atoms with E-state index < -0.39 is 11.9 Å². The first-order chi connectivity index (χ1) is 9.93. The molecule has 110 valence electrons. The lowest BCUT2D eigenvalue weighted by Gasteiger charge is -1.96. The van der Waals surface area contributed by atoms with Crippen LogP contribution in [0, 0.1) is 0 Å². The van der Waals surface area contributed by atoms with Crippen LogP contribution in [0.1, 0.15) is 26.3 Å². The number of hydrogen-bond donors (Lipinski definition) is 4. The molecule has 6 nitrogen and oxygen atoms in total. The summed E-state index contributed by atoms with van der Waals surface area (Å²) < 4.78 is 0. The van der Waals surface area contributed by atoms with Gasteiger partial charge in [-0.1, -0.05) is 18.2 Å². The Kier molecular flexibility index (Phi) is 5.91. The average Bonchev–Trinajstić information content (AvgIpc) is 2.48. The van der Waals surface area contributed by atoms with Crippen LogP contribution in [0.3, 0.4) is 0 Å². The van der Waals surface area contributed by atoms with E-state index in [2.05, 4.69) is 0 Å². The maximum atomic E-state index is 10.4. The van der Waals surface area contributed by atoms with Crippen LogP contribution in [0.5, 0.6) is 0 Å². The van der Waals surface area contributed by atoms with E-state index in [1.54, 1.807) is 36.4 Å². The van der Waals surface area contributed by atoms with Crippen molar-refractivity contribution in [3.63, 3.8) is 0 Å². The van der Waals surface area contributed by atoms with Gasteiger partial charge in [0.1, 0.15) is 0 Å². The first-order valence-corrected chi connectivity index (χ1v) is 6.05. The number of carboxylic acid groups (broad SMARTS) is 2. The Hall–Kier alpha value is -2.86. The lowest BCUT2D eigenvalue weighted by Crippen LogP contribution is -1.99. The first kappa shape index (κ1) is 16.2. The Morgan fingerprint density at radius 3 is 1.86 bits per heavy atom. The predicted molar refractivity (Wildman–Crippen MR) is 79.1 cm³/mol. The summed E-state index contributed by atoms with van der Waals surface area (Å²) in [6.07, 6.45) is 0. The number of nitrogen functional groups attached to an aromatic ring is 1. The molecule has 0 aliphatic heterocycles. The molecule has 0 radical (unpaired) electrons. The standard InChI is InChI=1S/C8H9NO2.C7H7NO2/c9-5-6-1-3-7(4-2-6)8(10)11;8-6-3-1-2-5(4-6)7(9)10/h1-4H,5,9H2,(H,10,11);1-4H,8H2,(H,9,10). The zero-order valence-electron chi connectivity index (χ0n) is 11.2. The van der Waals surface area contributed by atoms with Gasteiger partial charge in [-0.15, -0.1) is 0 Å². The third-order valence-electron chi connectivity index (χ3n) is 2.57. The molecular weight excluding hydrogens is 272 g/mol. The minimum atomic E-state index is -0.952. The number of carboxylic acids is 2. The largest absolute Gasteiger partial charge is 0.478 e. The fourth-order valence-electron chi connectivity index (χ4n) is 1.46. The molecule has 0 atom stereocenters. The van der Waals surface area contributed by atoms with E-state index in [4.69, 9.17) is 21.7 Å². The molecule has 6 heteroatoms. The third kappa shape index (κ3) is 5.33. The van der Waals surface area contributed by atoms with Gasteiger partial charge in [-0.3, -0.25) is 0 Å². The van der Waals surface area contributed by atoms with Gasteiger partial charge in [0.25, 0.3) is 0 Å². The summed E-state index contributed by atoms with van der Waals surface area (Å²) in [6.45, 7) is 0.444. The molecule has 0 fully saturated rings. The summed E-state index contributed by atoms with van der Waals surface area (Å²) in [4.78, 5) is 20.7. The van der Waals surface area contributed by atoms with Crippen LogP contribution in [-0.2, 0) is 6.54 Å². The monoisotopic (exact) mass is 288 g/mol. The zero-order chi connectivity index (χ0) is 15.8. The quantitative estimate of drug-likeness (QED) is 0.638. The number of benzene rings is 2. The van der Waals surface area contributed by atoms with Gasteiger partial charge in [-0.25, -0.2) is 9.59 Å². The first-order valence-electron chi connectivity index (χ1n) is 6.05. The predicted octanol–water partition coefficient (Wildman–Crippen LogP) is 1.81. The minimum absolute atomic E-state index is 0.222. The van der Waals surface area contributed by atoms with Crippen molar-refractivity contribution in [2.45, 2.75) is 6.54 Å².